The van der Waals surface area contributed by atoms with Crippen LogP contribution in [0.3, 0.4) is 0 Å². The molecular weight excluding hydrogens is 238 g/mol. The van der Waals surface area contributed by atoms with Gasteiger partial charge >= 0.3 is 0 Å². The van der Waals surface area contributed by atoms with Crippen molar-refractivity contribution in [2.75, 3.05) is 6.54 Å². The largest absolute Gasteiger partial charge is 0.466 e. The maximum atomic E-state index is 5.56. The molecule has 4 heteroatoms. The van der Waals surface area contributed by atoms with Crippen molar-refractivity contribution in [2.45, 2.75) is 46.6 Å². The highest BCUT2D eigenvalue weighted by atomic mass is 16.3. The molecule has 0 amide bonds. The van der Waals surface area contributed by atoms with Crippen molar-refractivity contribution in [3.8, 4) is 0 Å². The minimum absolute atomic E-state index is 0.336. The van der Waals surface area contributed by atoms with Gasteiger partial charge in [0.05, 0.1) is 6.20 Å². The van der Waals surface area contributed by atoms with E-state index in [4.69, 9.17) is 4.42 Å². The van der Waals surface area contributed by atoms with E-state index in [1.165, 1.54) is 16.8 Å². The summed E-state index contributed by atoms with van der Waals surface area (Å²) in [5, 5.41) is 10.6. The molecule has 1 unspecified atom stereocenters. The Bertz CT molecular complexity index is 527. The third-order valence-electron chi connectivity index (χ3n) is 3.55. The van der Waals surface area contributed by atoms with Gasteiger partial charge in [-0.1, -0.05) is 0 Å². The molecule has 0 aromatic carbocycles. The van der Waals surface area contributed by atoms with Gasteiger partial charge in [-0.25, -0.2) is 0 Å². The van der Waals surface area contributed by atoms with E-state index in [9.17, 15) is 0 Å². The molecule has 0 fully saturated rings. The molecule has 4 nitrogen and oxygen atoms in total. The van der Waals surface area contributed by atoms with Crippen molar-refractivity contribution in [3.05, 3.63) is 40.6 Å². The van der Waals surface area contributed by atoms with Crippen LogP contribution in [0, 0.1) is 20.8 Å². The first kappa shape index (κ1) is 13.9. The molecular formula is C15H23N3O. The number of nitrogens with zero attached hydrogens (tertiary/aromatic N) is 1. The SMILES string of the molecule is Cc1cc(C(C)NCCCc2cn[nH]c2C)c(C)o1. The minimum Gasteiger partial charge on any atom is -0.466 e. The number of aromatic amines is 1. The maximum Gasteiger partial charge on any atom is 0.105 e. The number of hydrogen-bond donors (Lipinski definition) is 2. The molecule has 1 atom stereocenters. The van der Waals surface area contributed by atoms with Gasteiger partial charge in [0.1, 0.15) is 11.5 Å². The lowest BCUT2D eigenvalue weighted by atomic mass is 10.1. The van der Waals surface area contributed by atoms with Crippen LogP contribution in [0.5, 0.6) is 0 Å². The number of aromatic nitrogens is 2. The van der Waals surface area contributed by atoms with Gasteiger partial charge in [0.15, 0.2) is 0 Å². The quantitative estimate of drug-likeness (QED) is 0.785. The predicted octanol–water partition coefficient (Wildman–Crippen LogP) is 3.21. The molecule has 2 aromatic rings. The molecule has 104 valence electrons. The second-order valence-corrected chi connectivity index (χ2v) is 5.17. The average Bonchev–Trinajstić information content (AvgIpc) is 2.91. The van der Waals surface area contributed by atoms with Gasteiger partial charge in [0.2, 0.25) is 0 Å². The molecule has 0 aliphatic carbocycles. The van der Waals surface area contributed by atoms with Gasteiger partial charge in [-0.2, -0.15) is 5.10 Å². The molecule has 2 rings (SSSR count). The summed E-state index contributed by atoms with van der Waals surface area (Å²) >= 11 is 0. The number of rotatable bonds is 6. The first-order valence-corrected chi connectivity index (χ1v) is 6.87. The molecule has 0 saturated heterocycles. The van der Waals surface area contributed by atoms with Gasteiger partial charge in [-0.3, -0.25) is 5.10 Å². The van der Waals surface area contributed by atoms with E-state index < -0.39 is 0 Å². The van der Waals surface area contributed by atoms with Gasteiger partial charge in [-0.05, 0) is 58.7 Å². The van der Waals surface area contributed by atoms with Crippen molar-refractivity contribution in [2.24, 2.45) is 0 Å². The Balaban J connectivity index is 1.77. The normalized spacial score (nSPS) is 12.8. The molecule has 0 spiro atoms. The molecule has 2 N–H and O–H groups in total. The van der Waals surface area contributed by atoms with Gasteiger partial charge < -0.3 is 9.73 Å². The topological polar surface area (TPSA) is 53.9 Å². The Morgan fingerprint density at radius 2 is 2.16 bits per heavy atom. The Kier molecular flexibility index (Phi) is 4.43. The fraction of sp³-hybridized carbons (Fsp3) is 0.533. The standard InChI is InChI=1S/C15H23N3O/c1-10-8-15(13(4)19-10)12(3)16-7-5-6-14-9-17-18-11(14)2/h8-9,12,16H,5-7H2,1-4H3,(H,17,18). The number of furan rings is 1. The van der Waals surface area contributed by atoms with Crippen LogP contribution in [-0.2, 0) is 6.42 Å². The molecule has 2 heterocycles. The van der Waals surface area contributed by atoms with E-state index >= 15 is 0 Å². The molecule has 0 bridgehead atoms. The summed E-state index contributed by atoms with van der Waals surface area (Å²) in [6.45, 7) is 9.26. The van der Waals surface area contributed by atoms with Crippen LogP contribution in [0.2, 0.25) is 0 Å². The van der Waals surface area contributed by atoms with Crippen LogP contribution in [0.25, 0.3) is 0 Å². The van der Waals surface area contributed by atoms with Crippen molar-refractivity contribution < 1.29 is 4.42 Å². The second kappa shape index (κ2) is 6.06. The maximum absolute atomic E-state index is 5.56. The molecule has 0 saturated carbocycles. The fourth-order valence-corrected chi connectivity index (χ4v) is 2.42. The summed E-state index contributed by atoms with van der Waals surface area (Å²) in [5.74, 6) is 2.00. The van der Waals surface area contributed by atoms with E-state index in [0.717, 1.165) is 30.9 Å². The predicted molar refractivity (Wildman–Crippen MR) is 76.2 cm³/mol. The summed E-state index contributed by atoms with van der Waals surface area (Å²) in [5.41, 5.74) is 3.75. The smallest absolute Gasteiger partial charge is 0.105 e. The number of H-pyrrole nitrogens is 1. The number of nitrogens with one attached hydrogen (secondary N) is 2. The van der Waals surface area contributed by atoms with E-state index in [0.29, 0.717) is 6.04 Å². The van der Waals surface area contributed by atoms with Crippen LogP contribution in [0.4, 0.5) is 0 Å². The summed E-state index contributed by atoms with van der Waals surface area (Å²) < 4.78 is 5.56. The van der Waals surface area contributed by atoms with Crippen LogP contribution >= 0.6 is 0 Å². The Morgan fingerprint density at radius 3 is 2.74 bits per heavy atom. The fourth-order valence-electron chi connectivity index (χ4n) is 2.42. The summed E-state index contributed by atoms with van der Waals surface area (Å²) in [7, 11) is 0. The van der Waals surface area contributed by atoms with Gasteiger partial charge in [0, 0.05) is 17.3 Å². The van der Waals surface area contributed by atoms with E-state index in [-0.39, 0.29) is 0 Å². The molecule has 0 aliphatic rings. The highest BCUT2D eigenvalue weighted by Crippen LogP contribution is 2.21. The van der Waals surface area contributed by atoms with Gasteiger partial charge in [-0.15, -0.1) is 0 Å². The Labute approximate surface area is 114 Å². The van der Waals surface area contributed by atoms with Crippen molar-refractivity contribution in [3.63, 3.8) is 0 Å². The number of aryl methyl sites for hydroxylation is 4. The summed E-state index contributed by atoms with van der Waals surface area (Å²) in [6.07, 6.45) is 4.09. The van der Waals surface area contributed by atoms with Gasteiger partial charge in [0.25, 0.3) is 0 Å². The Hall–Kier alpha value is -1.55. The first-order valence-electron chi connectivity index (χ1n) is 6.87. The van der Waals surface area contributed by atoms with Crippen LogP contribution in [0.15, 0.2) is 16.7 Å². The highest BCUT2D eigenvalue weighted by Gasteiger charge is 2.11. The minimum atomic E-state index is 0.336. The third-order valence-corrected chi connectivity index (χ3v) is 3.55. The van der Waals surface area contributed by atoms with Crippen molar-refractivity contribution in [1.82, 2.24) is 15.5 Å². The van der Waals surface area contributed by atoms with Crippen molar-refractivity contribution >= 4 is 0 Å². The zero-order valence-electron chi connectivity index (χ0n) is 12.2. The molecule has 0 aliphatic heterocycles. The zero-order valence-corrected chi connectivity index (χ0v) is 12.2. The van der Waals surface area contributed by atoms with Crippen LogP contribution in [0.1, 0.15) is 47.7 Å². The Morgan fingerprint density at radius 1 is 1.37 bits per heavy atom. The zero-order chi connectivity index (χ0) is 13.8. The average molecular weight is 261 g/mol. The first-order chi connectivity index (χ1) is 9.08. The van der Waals surface area contributed by atoms with Crippen LogP contribution < -0.4 is 5.32 Å². The van der Waals surface area contributed by atoms with Crippen molar-refractivity contribution in [1.29, 1.82) is 0 Å². The molecule has 19 heavy (non-hydrogen) atoms. The second-order valence-electron chi connectivity index (χ2n) is 5.17. The lowest BCUT2D eigenvalue weighted by Gasteiger charge is -2.12. The van der Waals surface area contributed by atoms with E-state index in [1.807, 2.05) is 20.0 Å². The lowest BCUT2D eigenvalue weighted by Crippen LogP contribution is -2.20. The highest BCUT2D eigenvalue weighted by molar-refractivity contribution is 5.23. The van der Waals surface area contributed by atoms with E-state index in [1.54, 1.807) is 0 Å². The third kappa shape index (κ3) is 3.47. The van der Waals surface area contributed by atoms with E-state index in [2.05, 4.69) is 35.4 Å². The molecule has 2 aromatic heterocycles. The molecule has 0 radical (unpaired) electrons. The van der Waals surface area contributed by atoms with Crippen LogP contribution in [-0.4, -0.2) is 16.7 Å². The number of hydrogen-bond acceptors (Lipinski definition) is 3. The summed E-state index contributed by atoms with van der Waals surface area (Å²) in [6, 6.07) is 2.45. The lowest BCUT2D eigenvalue weighted by molar-refractivity contribution is 0.488. The monoisotopic (exact) mass is 261 g/mol. The summed E-state index contributed by atoms with van der Waals surface area (Å²) in [4.78, 5) is 0.